The Hall–Kier alpha value is -3.71. The first-order valence-electron chi connectivity index (χ1n) is 14.2. The summed E-state index contributed by atoms with van der Waals surface area (Å²) in [5, 5.41) is 5.27. The molecule has 0 spiro atoms. The van der Waals surface area contributed by atoms with Crippen LogP contribution in [0.5, 0.6) is 5.75 Å². The van der Waals surface area contributed by atoms with Gasteiger partial charge in [0, 0.05) is 19.0 Å². The molecule has 1 aliphatic rings. The summed E-state index contributed by atoms with van der Waals surface area (Å²) in [4.78, 5) is 29.4. The highest BCUT2D eigenvalue weighted by atomic mass is 79.9. The van der Waals surface area contributed by atoms with E-state index in [1.807, 2.05) is 66.7 Å². The molecule has 7 heteroatoms. The van der Waals surface area contributed by atoms with Gasteiger partial charge in [-0.2, -0.15) is 0 Å². The molecule has 0 aromatic heterocycles. The Bertz CT molecular complexity index is 1470. The van der Waals surface area contributed by atoms with Crippen molar-refractivity contribution in [3.05, 3.63) is 112 Å². The van der Waals surface area contributed by atoms with Gasteiger partial charge in [0.1, 0.15) is 17.6 Å². The van der Waals surface area contributed by atoms with Crippen molar-refractivity contribution in [2.45, 2.75) is 57.2 Å². The number of nitrogens with one attached hydrogen (secondary N) is 1. The van der Waals surface area contributed by atoms with E-state index in [1.165, 1.54) is 18.6 Å². The van der Waals surface area contributed by atoms with Crippen LogP contribution >= 0.6 is 15.9 Å². The fourth-order valence-electron chi connectivity index (χ4n) is 5.43. The zero-order valence-electron chi connectivity index (χ0n) is 22.9. The second-order valence-electron chi connectivity index (χ2n) is 10.6. The number of fused-ring (bicyclic) bond motifs is 1. The van der Waals surface area contributed by atoms with Gasteiger partial charge >= 0.3 is 0 Å². The van der Waals surface area contributed by atoms with Crippen LogP contribution in [0.4, 0.5) is 4.39 Å². The van der Waals surface area contributed by atoms with Gasteiger partial charge in [0.05, 0.1) is 4.47 Å². The smallest absolute Gasteiger partial charge is 0.261 e. The van der Waals surface area contributed by atoms with E-state index in [0.717, 1.165) is 52.1 Å². The van der Waals surface area contributed by atoms with E-state index < -0.39 is 6.04 Å². The molecule has 1 atom stereocenters. The molecule has 5 nitrogen and oxygen atoms in total. The van der Waals surface area contributed by atoms with Crippen molar-refractivity contribution < 1.29 is 18.7 Å². The van der Waals surface area contributed by atoms with Crippen molar-refractivity contribution in [1.82, 2.24) is 10.2 Å². The van der Waals surface area contributed by atoms with Crippen molar-refractivity contribution in [3.63, 3.8) is 0 Å². The van der Waals surface area contributed by atoms with Crippen LogP contribution in [0.3, 0.4) is 0 Å². The molecule has 1 unspecified atom stereocenters. The predicted octanol–water partition coefficient (Wildman–Crippen LogP) is 7.21. The van der Waals surface area contributed by atoms with Crippen LogP contribution in [0, 0.1) is 5.82 Å². The summed E-state index contributed by atoms with van der Waals surface area (Å²) in [5.41, 5.74) is 1.68. The number of amides is 2. The molecule has 41 heavy (non-hydrogen) atoms. The van der Waals surface area contributed by atoms with Crippen molar-refractivity contribution in [2.24, 2.45) is 0 Å². The monoisotopic (exact) mass is 616 g/mol. The largest absolute Gasteiger partial charge is 0.483 e. The van der Waals surface area contributed by atoms with E-state index in [4.69, 9.17) is 4.74 Å². The van der Waals surface area contributed by atoms with Crippen molar-refractivity contribution in [3.8, 4) is 5.75 Å². The van der Waals surface area contributed by atoms with Crippen LogP contribution in [-0.4, -0.2) is 35.4 Å². The number of rotatable bonds is 10. The van der Waals surface area contributed by atoms with Gasteiger partial charge in [-0.1, -0.05) is 92.1 Å². The average Bonchev–Trinajstić information content (AvgIpc) is 3.00. The Labute approximate surface area is 248 Å². The third-order valence-corrected chi connectivity index (χ3v) is 8.49. The summed E-state index contributed by atoms with van der Waals surface area (Å²) >= 11 is 3.63. The number of halogens is 2. The maximum Gasteiger partial charge on any atom is 0.261 e. The van der Waals surface area contributed by atoms with Crippen LogP contribution in [0.25, 0.3) is 10.8 Å². The van der Waals surface area contributed by atoms with Gasteiger partial charge in [0.2, 0.25) is 5.91 Å². The molecule has 0 radical (unpaired) electrons. The van der Waals surface area contributed by atoms with Crippen LogP contribution < -0.4 is 10.1 Å². The molecule has 2 amide bonds. The summed E-state index contributed by atoms with van der Waals surface area (Å²) in [5.74, 6) is -0.311. The summed E-state index contributed by atoms with van der Waals surface area (Å²) < 4.78 is 20.5. The number of carbonyl (C=O) groups is 2. The standard InChI is InChI=1S/C34H34BrFN2O3/c35-33-29-14-8-7-11-26(29)17-20-31(33)41-23-32(39)38(22-25-15-18-27(36)19-16-25)30(21-24-9-3-1-4-10-24)34(40)37-28-12-5-2-6-13-28/h1,3-4,7-11,14-20,28,30H,2,5-6,12-13,21-23H2,(H,37,40). The molecule has 0 aliphatic heterocycles. The van der Waals surface area contributed by atoms with E-state index in [2.05, 4.69) is 21.2 Å². The van der Waals surface area contributed by atoms with E-state index in [0.29, 0.717) is 12.2 Å². The highest BCUT2D eigenvalue weighted by Crippen LogP contribution is 2.33. The normalized spacial score (nSPS) is 14.4. The number of nitrogens with zero attached hydrogens (tertiary/aromatic N) is 1. The molecule has 5 rings (SSSR count). The third-order valence-electron chi connectivity index (χ3n) is 7.67. The Morgan fingerprint density at radius 3 is 2.34 bits per heavy atom. The summed E-state index contributed by atoms with van der Waals surface area (Å²) in [6.45, 7) is -0.100. The molecular formula is C34H34BrFN2O3. The Kier molecular flexibility index (Phi) is 9.67. The SMILES string of the molecule is O=C(NC1CCCCC1)C(Cc1ccccc1)N(Cc1ccc(F)cc1)C(=O)COc1ccc2ccccc2c1Br. The molecule has 1 aliphatic carbocycles. The van der Waals surface area contributed by atoms with Crippen LogP contribution in [0.15, 0.2) is 95.5 Å². The first kappa shape index (κ1) is 28.8. The Balaban J connectivity index is 1.42. The lowest BCUT2D eigenvalue weighted by Crippen LogP contribution is -2.53. The first-order chi connectivity index (χ1) is 20.0. The van der Waals surface area contributed by atoms with E-state index in [1.54, 1.807) is 17.0 Å². The molecule has 4 aromatic carbocycles. The van der Waals surface area contributed by atoms with Crippen LogP contribution in [-0.2, 0) is 22.6 Å². The van der Waals surface area contributed by atoms with Crippen LogP contribution in [0.1, 0.15) is 43.2 Å². The lowest BCUT2D eigenvalue weighted by atomic mass is 9.94. The predicted molar refractivity (Wildman–Crippen MR) is 163 cm³/mol. The minimum Gasteiger partial charge on any atom is -0.483 e. The topological polar surface area (TPSA) is 58.6 Å². The number of carbonyl (C=O) groups excluding carboxylic acids is 2. The Morgan fingerprint density at radius 2 is 1.59 bits per heavy atom. The quantitative estimate of drug-likeness (QED) is 0.205. The van der Waals surface area contributed by atoms with Crippen molar-refractivity contribution >= 4 is 38.5 Å². The van der Waals surface area contributed by atoms with Gasteiger partial charge in [0.15, 0.2) is 6.61 Å². The first-order valence-corrected chi connectivity index (χ1v) is 15.0. The minimum absolute atomic E-state index is 0.0992. The zero-order chi connectivity index (χ0) is 28.6. The highest BCUT2D eigenvalue weighted by Gasteiger charge is 2.32. The fourth-order valence-corrected chi connectivity index (χ4v) is 6.04. The lowest BCUT2D eigenvalue weighted by Gasteiger charge is -2.33. The Morgan fingerprint density at radius 1 is 0.878 bits per heavy atom. The van der Waals surface area contributed by atoms with Gasteiger partial charge in [-0.25, -0.2) is 4.39 Å². The third kappa shape index (κ3) is 7.53. The van der Waals surface area contributed by atoms with Gasteiger partial charge in [-0.15, -0.1) is 0 Å². The maximum atomic E-state index is 13.9. The number of ether oxygens (including phenoxy) is 1. The maximum absolute atomic E-state index is 13.9. The van der Waals surface area contributed by atoms with Crippen LogP contribution in [0.2, 0.25) is 0 Å². The number of benzene rings is 4. The molecule has 1 fully saturated rings. The molecule has 0 bridgehead atoms. The highest BCUT2D eigenvalue weighted by molar-refractivity contribution is 9.10. The second kappa shape index (κ2) is 13.8. The lowest BCUT2D eigenvalue weighted by molar-refractivity contribution is -0.143. The molecule has 0 heterocycles. The van der Waals surface area contributed by atoms with Crippen molar-refractivity contribution in [2.75, 3.05) is 6.61 Å². The van der Waals surface area contributed by atoms with Gasteiger partial charge < -0.3 is 15.0 Å². The van der Waals surface area contributed by atoms with Gasteiger partial charge in [-0.05, 0) is 68.9 Å². The molecule has 1 saturated carbocycles. The van der Waals surface area contributed by atoms with Crippen molar-refractivity contribution in [1.29, 1.82) is 0 Å². The summed E-state index contributed by atoms with van der Waals surface area (Å²) in [7, 11) is 0. The van der Waals surface area contributed by atoms with Gasteiger partial charge in [0.25, 0.3) is 5.91 Å². The number of hydrogen-bond acceptors (Lipinski definition) is 3. The van der Waals surface area contributed by atoms with Gasteiger partial charge in [-0.3, -0.25) is 9.59 Å². The molecular weight excluding hydrogens is 583 g/mol. The minimum atomic E-state index is -0.763. The summed E-state index contributed by atoms with van der Waals surface area (Å²) in [6, 6.07) is 26.8. The second-order valence-corrected chi connectivity index (χ2v) is 11.4. The molecule has 1 N–H and O–H groups in total. The molecule has 212 valence electrons. The average molecular weight is 618 g/mol. The summed E-state index contributed by atoms with van der Waals surface area (Å²) in [6.07, 6.45) is 5.58. The van der Waals surface area contributed by atoms with E-state index >= 15 is 0 Å². The van der Waals surface area contributed by atoms with E-state index in [9.17, 15) is 14.0 Å². The van der Waals surface area contributed by atoms with E-state index in [-0.39, 0.29) is 36.8 Å². The zero-order valence-corrected chi connectivity index (χ0v) is 24.5. The molecule has 4 aromatic rings. The fraction of sp³-hybridized carbons (Fsp3) is 0.294. The molecule has 0 saturated heterocycles. The number of hydrogen-bond donors (Lipinski definition) is 1.